The van der Waals surface area contributed by atoms with Crippen LogP contribution in [0.1, 0.15) is 34.6 Å². The van der Waals surface area contributed by atoms with Crippen molar-refractivity contribution in [1.82, 2.24) is 10.6 Å². The molecule has 0 spiro atoms. The van der Waals surface area contributed by atoms with Crippen molar-refractivity contribution >= 4 is 5.91 Å². The average Bonchev–Trinajstić information content (AvgIpc) is 1.99. The maximum Gasteiger partial charge on any atom is 0.233 e. The van der Waals surface area contributed by atoms with Crippen LogP contribution in [0.2, 0.25) is 0 Å². The molecule has 14 heavy (non-hydrogen) atoms. The van der Waals surface area contributed by atoms with Gasteiger partial charge < -0.3 is 10.6 Å². The lowest BCUT2D eigenvalue weighted by molar-refractivity contribution is -0.120. The molecule has 0 unspecified atom stereocenters. The number of nitrogens with one attached hydrogen (secondary N) is 2. The fourth-order valence-corrected chi connectivity index (χ4v) is 0.808. The summed E-state index contributed by atoms with van der Waals surface area (Å²) in [5.74, 6) is 0.0600. The van der Waals surface area contributed by atoms with Gasteiger partial charge in [0.2, 0.25) is 5.91 Å². The Morgan fingerprint density at radius 3 is 2.00 bits per heavy atom. The highest BCUT2D eigenvalue weighted by Gasteiger charge is 2.32. The predicted molar refractivity (Wildman–Crippen MR) is 60.2 cm³/mol. The van der Waals surface area contributed by atoms with Gasteiger partial charge >= 0.3 is 0 Å². The molecule has 0 aliphatic rings. The molecule has 0 rings (SSSR count). The van der Waals surface area contributed by atoms with Crippen molar-refractivity contribution in [1.29, 1.82) is 0 Å². The fourth-order valence-electron chi connectivity index (χ4n) is 0.808. The maximum absolute atomic E-state index is 11.2. The Labute approximate surface area is 87.6 Å². The van der Waals surface area contributed by atoms with Crippen molar-refractivity contribution in [2.24, 2.45) is 10.8 Å². The van der Waals surface area contributed by atoms with Crippen molar-refractivity contribution in [3.05, 3.63) is 0 Å². The van der Waals surface area contributed by atoms with Crippen LogP contribution in [0, 0.1) is 10.8 Å². The van der Waals surface area contributed by atoms with Gasteiger partial charge in [-0.3, -0.25) is 4.79 Å². The van der Waals surface area contributed by atoms with Gasteiger partial charge in [0.1, 0.15) is 0 Å². The largest absolute Gasteiger partial charge is 0.354 e. The Kier molecular flexibility index (Phi) is 4.59. The summed E-state index contributed by atoms with van der Waals surface area (Å²) in [7, 11) is 1.77. The van der Waals surface area contributed by atoms with Crippen molar-refractivity contribution in [2.75, 3.05) is 20.1 Å². The Balaban J connectivity index is 4.06. The zero-order chi connectivity index (χ0) is 11.4. The van der Waals surface area contributed by atoms with E-state index in [1.54, 1.807) is 7.05 Å². The third-order valence-electron chi connectivity index (χ3n) is 3.10. The highest BCUT2D eigenvalue weighted by molar-refractivity contribution is 5.77. The van der Waals surface area contributed by atoms with E-state index in [2.05, 4.69) is 45.3 Å². The molecule has 0 heterocycles. The van der Waals surface area contributed by atoms with E-state index in [0.717, 1.165) is 6.54 Å². The van der Waals surface area contributed by atoms with Gasteiger partial charge in [-0.25, -0.2) is 0 Å². The Morgan fingerprint density at radius 2 is 1.64 bits per heavy atom. The van der Waals surface area contributed by atoms with Gasteiger partial charge in [-0.05, 0) is 17.9 Å². The first-order chi connectivity index (χ1) is 6.20. The molecule has 0 fully saturated rings. The lowest BCUT2D eigenvalue weighted by Gasteiger charge is -2.38. The first kappa shape index (κ1) is 13.4. The number of amides is 1. The molecule has 0 bridgehead atoms. The quantitative estimate of drug-likeness (QED) is 0.720. The molecule has 0 aromatic rings. The van der Waals surface area contributed by atoms with E-state index in [1.165, 1.54) is 0 Å². The van der Waals surface area contributed by atoms with Crippen LogP contribution < -0.4 is 10.6 Å². The standard InChI is InChI=1S/C11H24N2O/c1-10(2,3)11(4,5)8-13-9(14)7-12-6/h12H,7-8H2,1-6H3,(H,13,14). The summed E-state index contributed by atoms with van der Waals surface area (Å²) in [6.07, 6.45) is 0. The average molecular weight is 200 g/mol. The van der Waals surface area contributed by atoms with Crippen LogP contribution in [0.4, 0.5) is 0 Å². The molecule has 0 aromatic carbocycles. The molecule has 3 nitrogen and oxygen atoms in total. The molecule has 84 valence electrons. The van der Waals surface area contributed by atoms with Crippen LogP contribution in [0.3, 0.4) is 0 Å². The summed E-state index contributed by atoms with van der Waals surface area (Å²) in [6, 6.07) is 0. The zero-order valence-corrected chi connectivity index (χ0v) is 10.3. The normalized spacial score (nSPS) is 12.7. The number of likely N-dealkylation sites (N-methyl/N-ethyl adjacent to an activating group) is 1. The van der Waals surface area contributed by atoms with E-state index in [0.29, 0.717) is 6.54 Å². The van der Waals surface area contributed by atoms with E-state index in [1.807, 2.05) is 0 Å². The van der Waals surface area contributed by atoms with Gasteiger partial charge in [0.15, 0.2) is 0 Å². The van der Waals surface area contributed by atoms with Gasteiger partial charge in [0.25, 0.3) is 0 Å². The van der Waals surface area contributed by atoms with Crippen molar-refractivity contribution in [3.63, 3.8) is 0 Å². The second kappa shape index (κ2) is 4.78. The summed E-state index contributed by atoms with van der Waals surface area (Å²) in [4.78, 5) is 11.2. The minimum absolute atomic E-state index is 0.0600. The highest BCUT2D eigenvalue weighted by Crippen LogP contribution is 2.36. The van der Waals surface area contributed by atoms with E-state index in [4.69, 9.17) is 0 Å². The van der Waals surface area contributed by atoms with Crippen molar-refractivity contribution in [3.8, 4) is 0 Å². The zero-order valence-electron chi connectivity index (χ0n) is 10.3. The van der Waals surface area contributed by atoms with Crippen molar-refractivity contribution in [2.45, 2.75) is 34.6 Å². The number of hydrogen-bond donors (Lipinski definition) is 2. The van der Waals surface area contributed by atoms with Crippen LogP contribution in [-0.2, 0) is 4.79 Å². The van der Waals surface area contributed by atoms with Gasteiger partial charge in [-0.15, -0.1) is 0 Å². The van der Waals surface area contributed by atoms with Crippen molar-refractivity contribution < 1.29 is 4.79 Å². The molecular formula is C11H24N2O. The molecule has 0 saturated heterocycles. The first-order valence-electron chi connectivity index (χ1n) is 5.12. The van der Waals surface area contributed by atoms with Crippen LogP contribution in [-0.4, -0.2) is 26.0 Å². The van der Waals surface area contributed by atoms with Crippen LogP contribution in [0.15, 0.2) is 0 Å². The lowest BCUT2D eigenvalue weighted by Crippen LogP contribution is -2.43. The Hall–Kier alpha value is -0.570. The minimum Gasteiger partial charge on any atom is -0.354 e. The molecule has 0 aliphatic heterocycles. The van der Waals surface area contributed by atoms with Crippen LogP contribution >= 0.6 is 0 Å². The molecule has 0 radical (unpaired) electrons. The summed E-state index contributed by atoms with van der Waals surface area (Å²) < 4.78 is 0. The Bertz CT molecular complexity index is 192. The SMILES string of the molecule is CNCC(=O)NCC(C)(C)C(C)(C)C. The van der Waals surface area contributed by atoms with Crippen LogP contribution in [0.25, 0.3) is 0 Å². The number of hydrogen-bond acceptors (Lipinski definition) is 2. The monoisotopic (exact) mass is 200 g/mol. The first-order valence-corrected chi connectivity index (χ1v) is 5.12. The number of rotatable bonds is 4. The lowest BCUT2D eigenvalue weighted by atomic mass is 9.69. The number of carbonyl (C=O) groups excluding carboxylic acids is 1. The third-order valence-corrected chi connectivity index (χ3v) is 3.10. The minimum atomic E-state index is 0.0600. The topological polar surface area (TPSA) is 41.1 Å². The molecule has 3 heteroatoms. The molecule has 1 amide bonds. The second-order valence-corrected chi connectivity index (χ2v) is 5.44. The van der Waals surface area contributed by atoms with E-state index in [-0.39, 0.29) is 16.7 Å². The molecule has 0 aromatic heterocycles. The molecule has 0 atom stereocenters. The van der Waals surface area contributed by atoms with Gasteiger partial charge in [0.05, 0.1) is 6.54 Å². The predicted octanol–water partition coefficient (Wildman–Crippen LogP) is 1.39. The van der Waals surface area contributed by atoms with Crippen LogP contribution in [0.5, 0.6) is 0 Å². The molecule has 0 saturated carbocycles. The summed E-state index contributed by atoms with van der Waals surface area (Å²) in [6.45, 7) is 12.0. The third kappa shape index (κ3) is 4.09. The summed E-state index contributed by atoms with van der Waals surface area (Å²) in [5.41, 5.74) is 0.302. The maximum atomic E-state index is 11.2. The fraction of sp³-hybridized carbons (Fsp3) is 0.909. The molecule has 0 aliphatic carbocycles. The molecule has 2 N–H and O–H groups in total. The van der Waals surface area contributed by atoms with E-state index >= 15 is 0 Å². The molecular weight excluding hydrogens is 176 g/mol. The van der Waals surface area contributed by atoms with E-state index in [9.17, 15) is 4.79 Å². The van der Waals surface area contributed by atoms with Gasteiger partial charge in [-0.1, -0.05) is 34.6 Å². The van der Waals surface area contributed by atoms with Gasteiger partial charge in [0, 0.05) is 6.54 Å². The second-order valence-electron chi connectivity index (χ2n) is 5.44. The number of carbonyl (C=O) groups is 1. The summed E-state index contributed by atoms with van der Waals surface area (Å²) in [5, 5.41) is 5.76. The smallest absolute Gasteiger partial charge is 0.233 e. The van der Waals surface area contributed by atoms with E-state index < -0.39 is 0 Å². The summed E-state index contributed by atoms with van der Waals surface area (Å²) >= 11 is 0. The highest BCUT2D eigenvalue weighted by atomic mass is 16.1. The Morgan fingerprint density at radius 1 is 1.14 bits per heavy atom. The van der Waals surface area contributed by atoms with Gasteiger partial charge in [-0.2, -0.15) is 0 Å².